The average molecular weight is 377 g/mol. The predicted octanol–water partition coefficient (Wildman–Crippen LogP) is 1.59. The van der Waals surface area contributed by atoms with E-state index < -0.39 is 23.6 Å². The Morgan fingerprint density at radius 2 is 1.93 bits per heavy atom. The Hall–Kier alpha value is -2.51. The molecule has 4 rings (SSSR count). The van der Waals surface area contributed by atoms with Gasteiger partial charge in [-0.2, -0.15) is 0 Å². The molecule has 0 spiro atoms. The summed E-state index contributed by atoms with van der Waals surface area (Å²) in [5.41, 5.74) is -0.0267. The Kier molecular flexibility index (Phi) is 4.57. The first-order valence-electron chi connectivity index (χ1n) is 9.30. The Morgan fingerprint density at radius 1 is 1.15 bits per heavy atom. The fraction of sp³-hybridized carbons (Fsp3) is 0.526. The fourth-order valence-corrected chi connectivity index (χ4v) is 3.87. The van der Waals surface area contributed by atoms with Gasteiger partial charge in [-0.25, -0.2) is 8.78 Å². The van der Waals surface area contributed by atoms with E-state index in [1.165, 1.54) is 11.0 Å². The van der Waals surface area contributed by atoms with E-state index in [2.05, 4.69) is 5.32 Å². The highest BCUT2D eigenvalue weighted by molar-refractivity contribution is 6.01. The fourth-order valence-electron chi connectivity index (χ4n) is 3.87. The lowest BCUT2D eigenvalue weighted by molar-refractivity contribution is -0.141. The molecule has 1 aromatic rings. The van der Waals surface area contributed by atoms with Gasteiger partial charge < -0.3 is 15.1 Å². The van der Waals surface area contributed by atoms with Crippen LogP contribution in [-0.4, -0.2) is 47.8 Å². The third kappa shape index (κ3) is 3.52. The number of carbonyl (C=O) groups is 3. The summed E-state index contributed by atoms with van der Waals surface area (Å²) < 4.78 is 27.1. The van der Waals surface area contributed by atoms with E-state index in [9.17, 15) is 23.2 Å². The molecule has 27 heavy (non-hydrogen) atoms. The maximum absolute atomic E-state index is 14.0. The average Bonchev–Trinajstić information content (AvgIpc) is 3.16. The first-order valence-corrected chi connectivity index (χ1v) is 9.30. The monoisotopic (exact) mass is 377 g/mol. The lowest BCUT2D eigenvalue weighted by atomic mass is 10.1. The Balaban J connectivity index is 1.46. The SMILES string of the molecule is O=C(NC1CC1)C1CCCN1C(=O)C1CC(=O)N(c2ccc(F)cc2F)C1. The molecule has 2 heterocycles. The maximum atomic E-state index is 14.0. The van der Waals surface area contributed by atoms with Gasteiger partial charge in [0.25, 0.3) is 0 Å². The van der Waals surface area contributed by atoms with Crippen molar-refractivity contribution >= 4 is 23.4 Å². The Morgan fingerprint density at radius 3 is 2.63 bits per heavy atom. The van der Waals surface area contributed by atoms with Gasteiger partial charge in [-0.3, -0.25) is 14.4 Å². The van der Waals surface area contributed by atoms with Gasteiger partial charge in [0.1, 0.15) is 17.7 Å². The molecule has 2 unspecified atom stereocenters. The number of anilines is 1. The third-order valence-corrected chi connectivity index (χ3v) is 5.44. The van der Waals surface area contributed by atoms with E-state index >= 15 is 0 Å². The van der Waals surface area contributed by atoms with Crippen LogP contribution in [0.4, 0.5) is 14.5 Å². The molecule has 2 saturated heterocycles. The van der Waals surface area contributed by atoms with Crippen LogP contribution in [0, 0.1) is 17.6 Å². The first kappa shape index (κ1) is 17.9. The molecule has 2 aliphatic heterocycles. The van der Waals surface area contributed by atoms with Crippen LogP contribution in [-0.2, 0) is 14.4 Å². The van der Waals surface area contributed by atoms with Crippen LogP contribution in [0.25, 0.3) is 0 Å². The Labute approximate surface area is 155 Å². The second-order valence-electron chi connectivity index (χ2n) is 7.47. The zero-order chi connectivity index (χ0) is 19.1. The molecule has 0 bridgehead atoms. The first-order chi connectivity index (χ1) is 12.9. The molecule has 1 aliphatic carbocycles. The van der Waals surface area contributed by atoms with Crippen LogP contribution < -0.4 is 10.2 Å². The smallest absolute Gasteiger partial charge is 0.243 e. The Bertz CT molecular complexity index is 796. The van der Waals surface area contributed by atoms with Gasteiger partial charge in [0.2, 0.25) is 17.7 Å². The van der Waals surface area contributed by atoms with Crippen molar-refractivity contribution in [2.45, 2.75) is 44.2 Å². The summed E-state index contributed by atoms with van der Waals surface area (Å²) in [6.07, 6.45) is 3.26. The molecule has 1 N–H and O–H groups in total. The lowest BCUT2D eigenvalue weighted by Gasteiger charge is -2.26. The highest BCUT2D eigenvalue weighted by atomic mass is 19.1. The van der Waals surface area contributed by atoms with E-state index in [0.29, 0.717) is 13.0 Å². The summed E-state index contributed by atoms with van der Waals surface area (Å²) in [5.74, 6) is -2.94. The summed E-state index contributed by atoms with van der Waals surface area (Å²) in [5, 5.41) is 2.93. The molecular weight excluding hydrogens is 356 g/mol. The topological polar surface area (TPSA) is 69.7 Å². The number of carbonyl (C=O) groups excluding carboxylic acids is 3. The number of nitrogens with zero attached hydrogens (tertiary/aromatic N) is 2. The maximum Gasteiger partial charge on any atom is 0.243 e. The molecule has 6 nitrogen and oxygen atoms in total. The third-order valence-electron chi connectivity index (χ3n) is 5.44. The van der Waals surface area contributed by atoms with E-state index in [1.54, 1.807) is 4.90 Å². The zero-order valence-electron chi connectivity index (χ0n) is 14.8. The largest absolute Gasteiger partial charge is 0.352 e. The lowest BCUT2D eigenvalue weighted by Crippen LogP contribution is -2.48. The summed E-state index contributed by atoms with van der Waals surface area (Å²) in [4.78, 5) is 40.4. The molecule has 1 aromatic carbocycles. The molecule has 1 saturated carbocycles. The molecule has 0 radical (unpaired) electrons. The number of halogens is 2. The van der Waals surface area contributed by atoms with Gasteiger partial charge in [-0.05, 0) is 37.8 Å². The molecule has 3 amide bonds. The number of nitrogens with one attached hydrogen (secondary N) is 1. The second kappa shape index (κ2) is 6.90. The number of hydrogen-bond acceptors (Lipinski definition) is 3. The minimum absolute atomic E-state index is 0.0267. The summed E-state index contributed by atoms with van der Waals surface area (Å²) in [6.45, 7) is 0.519. The number of hydrogen-bond donors (Lipinski definition) is 1. The van der Waals surface area contributed by atoms with E-state index in [1.807, 2.05) is 0 Å². The van der Waals surface area contributed by atoms with Gasteiger partial charge in [-0.15, -0.1) is 0 Å². The molecule has 144 valence electrons. The van der Waals surface area contributed by atoms with Crippen LogP contribution in [0.15, 0.2) is 18.2 Å². The zero-order valence-corrected chi connectivity index (χ0v) is 14.8. The van der Waals surface area contributed by atoms with Gasteiger partial charge in [0.05, 0.1) is 11.6 Å². The number of benzene rings is 1. The summed E-state index contributed by atoms with van der Waals surface area (Å²) in [7, 11) is 0. The highest BCUT2D eigenvalue weighted by Gasteiger charge is 2.43. The molecule has 8 heteroatoms. The van der Waals surface area contributed by atoms with Crippen molar-refractivity contribution in [3.05, 3.63) is 29.8 Å². The van der Waals surface area contributed by atoms with Crippen LogP contribution in [0.3, 0.4) is 0 Å². The van der Waals surface area contributed by atoms with Gasteiger partial charge in [0, 0.05) is 31.6 Å². The van der Waals surface area contributed by atoms with Crippen molar-refractivity contribution in [1.82, 2.24) is 10.2 Å². The number of rotatable bonds is 4. The molecule has 2 atom stereocenters. The number of amides is 3. The van der Waals surface area contributed by atoms with Crippen molar-refractivity contribution in [1.29, 1.82) is 0 Å². The standard InChI is InChI=1S/C19H21F2N3O3/c20-12-3-6-15(14(21)9-12)24-10-11(8-17(24)25)19(27)23-7-1-2-16(23)18(26)22-13-4-5-13/h3,6,9,11,13,16H,1-2,4-5,7-8,10H2,(H,22,26). The molecule has 3 fully saturated rings. The van der Waals surface area contributed by atoms with E-state index in [4.69, 9.17) is 0 Å². The summed E-state index contributed by atoms with van der Waals surface area (Å²) >= 11 is 0. The molecular formula is C19H21F2N3O3. The quantitative estimate of drug-likeness (QED) is 0.866. The molecule has 0 aromatic heterocycles. The van der Waals surface area contributed by atoms with Crippen molar-refractivity contribution in [2.75, 3.05) is 18.0 Å². The predicted molar refractivity (Wildman–Crippen MR) is 92.7 cm³/mol. The van der Waals surface area contributed by atoms with Crippen molar-refractivity contribution in [3.8, 4) is 0 Å². The van der Waals surface area contributed by atoms with Crippen LogP contribution in [0.1, 0.15) is 32.1 Å². The molecule has 3 aliphatic rings. The van der Waals surface area contributed by atoms with Gasteiger partial charge >= 0.3 is 0 Å². The van der Waals surface area contributed by atoms with Crippen molar-refractivity contribution in [2.24, 2.45) is 5.92 Å². The minimum atomic E-state index is -0.834. The minimum Gasteiger partial charge on any atom is -0.352 e. The highest BCUT2D eigenvalue weighted by Crippen LogP contribution is 2.31. The second-order valence-corrected chi connectivity index (χ2v) is 7.47. The van der Waals surface area contributed by atoms with Crippen LogP contribution in [0.5, 0.6) is 0 Å². The van der Waals surface area contributed by atoms with Crippen LogP contribution >= 0.6 is 0 Å². The summed E-state index contributed by atoms with van der Waals surface area (Å²) in [6, 6.07) is 2.73. The van der Waals surface area contributed by atoms with E-state index in [-0.39, 0.29) is 42.4 Å². The normalized spacial score (nSPS) is 25.2. The van der Waals surface area contributed by atoms with Gasteiger partial charge in [-0.1, -0.05) is 0 Å². The van der Waals surface area contributed by atoms with E-state index in [0.717, 1.165) is 31.4 Å². The van der Waals surface area contributed by atoms with Crippen molar-refractivity contribution < 1.29 is 23.2 Å². The number of likely N-dealkylation sites (tertiary alicyclic amines) is 1. The van der Waals surface area contributed by atoms with Crippen molar-refractivity contribution in [3.63, 3.8) is 0 Å². The van der Waals surface area contributed by atoms with Gasteiger partial charge in [0.15, 0.2) is 0 Å². The van der Waals surface area contributed by atoms with Crippen LogP contribution in [0.2, 0.25) is 0 Å².